The lowest BCUT2D eigenvalue weighted by Gasteiger charge is -2.35. The third-order valence-corrected chi connectivity index (χ3v) is 3.46. The number of piperidine rings is 1. The van der Waals surface area contributed by atoms with E-state index in [0.717, 1.165) is 19.3 Å². The topological polar surface area (TPSA) is 40.6 Å². The Bertz CT molecular complexity index is 326. The Morgan fingerprint density at radius 1 is 1.44 bits per heavy atom. The fourth-order valence-corrected chi connectivity index (χ4v) is 2.31. The maximum Gasteiger partial charge on any atom is 0.312 e. The molecule has 0 aromatic heterocycles. The van der Waals surface area contributed by atoms with Crippen LogP contribution >= 0.6 is 0 Å². The van der Waals surface area contributed by atoms with E-state index in [1.807, 2.05) is 20.8 Å². The first kappa shape index (κ1) is 14.7. The van der Waals surface area contributed by atoms with Crippen molar-refractivity contribution in [3.05, 3.63) is 12.7 Å². The van der Waals surface area contributed by atoms with Crippen molar-refractivity contribution in [2.24, 2.45) is 0 Å². The van der Waals surface area contributed by atoms with Crippen LogP contribution in [0.15, 0.2) is 12.7 Å². The largest absolute Gasteiger partial charge is 0.332 e. The second kappa shape index (κ2) is 6.57. The number of rotatable bonds is 3. The van der Waals surface area contributed by atoms with E-state index >= 15 is 0 Å². The quantitative estimate of drug-likeness (QED) is 0.568. The van der Waals surface area contributed by atoms with Gasteiger partial charge in [0.2, 0.25) is 0 Å². The van der Waals surface area contributed by atoms with Crippen molar-refractivity contribution in [2.45, 2.75) is 52.1 Å². The zero-order valence-corrected chi connectivity index (χ0v) is 11.7. The van der Waals surface area contributed by atoms with Crippen LogP contribution in [0.1, 0.15) is 40.0 Å². The minimum absolute atomic E-state index is 0.0135. The van der Waals surface area contributed by atoms with Crippen molar-refractivity contribution < 1.29 is 9.59 Å². The molecule has 1 aliphatic rings. The molecule has 1 heterocycles. The molecule has 102 valence electrons. The van der Waals surface area contributed by atoms with Gasteiger partial charge in [-0.1, -0.05) is 6.08 Å². The van der Waals surface area contributed by atoms with E-state index in [9.17, 15) is 9.59 Å². The van der Waals surface area contributed by atoms with Gasteiger partial charge in [-0.2, -0.15) is 0 Å². The molecule has 2 amide bonds. The molecule has 4 heteroatoms. The molecule has 0 saturated carbocycles. The zero-order valence-electron chi connectivity index (χ0n) is 11.7. The van der Waals surface area contributed by atoms with Crippen LogP contribution in [-0.2, 0) is 9.59 Å². The van der Waals surface area contributed by atoms with Crippen LogP contribution in [-0.4, -0.2) is 46.8 Å². The van der Waals surface area contributed by atoms with Crippen molar-refractivity contribution in [3.63, 3.8) is 0 Å². The van der Waals surface area contributed by atoms with E-state index in [4.69, 9.17) is 0 Å². The number of nitrogens with zero attached hydrogens (tertiary/aromatic N) is 2. The Labute approximate surface area is 110 Å². The average Bonchev–Trinajstić information content (AvgIpc) is 2.34. The molecule has 0 aromatic rings. The van der Waals surface area contributed by atoms with Crippen molar-refractivity contribution in [2.75, 3.05) is 13.1 Å². The summed E-state index contributed by atoms with van der Waals surface area (Å²) in [5.74, 6) is -0.767. The third-order valence-electron chi connectivity index (χ3n) is 3.46. The Morgan fingerprint density at radius 3 is 2.61 bits per heavy atom. The number of hydrogen-bond donors (Lipinski definition) is 0. The van der Waals surface area contributed by atoms with Crippen molar-refractivity contribution >= 4 is 11.8 Å². The van der Waals surface area contributed by atoms with Crippen molar-refractivity contribution in [1.82, 2.24) is 9.80 Å². The molecule has 0 unspecified atom stereocenters. The van der Waals surface area contributed by atoms with Gasteiger partial charge in [0.25, 0.3) is 0 Å². The van der Waals surface area contributed by atoms with Crippen LogP contribution in [0.2, 0.25) is 0 Å². The van der Waals surface area contributed by atoms with Gasteiger partial charge in [0, 0.05) is 25.2 Å². The maximum atomic E-state index is 12.2. The highest BCUT2D eigenvalue weighted by Crippen LogP contribution is 2.17. The summed E-state index contributed by atoms with van der Waals surface area (Å²) in [5, 5.41) is 0. The SMILES string of the molecule is C=CCN(C(=O)C(=O)N1CCCC[C@@H]1C)C(C)C. The van der Waals surface area contributed by atoms with Crippen LogP contribution in [0.3, 0.4) is 0 Å². The highest BCUT2D eigenvalue weighted by atomic mass is 16.2. The van der Waals surface area contributed by atoms with Gasteiger partial charge in [-0.3, -0.25) is 9.59 Å². The summed E-state index contributed by atoms with van der Waals surface area (Å²) in [4.78, 5) is 27.7. The smallest absolute Gasteiger partial charge is 0.312 e. The average molecular weight is 252 g/mol. The second-order valence-corrected chi connectivity index (χ2v) is 5.18. The fraction of sp³-hybridized carbons (Fsp3) is 0.714. The summed E-state index contributed by atoms with van der Waals surface area (Å²) < 4.78 is 0. The summed E-state index contributed by atoms with van der Waals surface area (Å²) in [6.45, 7) is 10.6. The number of likely N-dealkylation sites (tertiary alicyclic amines) is 1. The number of carbonyl (C=O) groups excluding carboxylic acids is 2. The van der Waals surface area contributed by atoms with Crippen LogP contribution < -0.4 is 0 Å². The molecule has 1 saturated heterocycles. The monoisotopic (exact) mass is 252 g/mol. The molecule has 1 fully saturated rings. The molecule has 0 aliphatic carbocycles. The first-order chi connectivity index (χ1) is 8.49. The number of hydrogen-bond acceptors (Lipinski definition) is 2. The highest BCUT2D eigenvalue weighted by molar-refractivity contribution is 6.35. The van der Waals surface area contributed by atoms with Gasteiger partial charge in [-0.15, -0.1) is 6.58 Å². The van der Waals surface area contributed by atoms with Gasteiger partial charge in [0.05, 0.1) is 0 Å². The lowest BCUT2D eigenvalue weighted by molar-refractivity contribution is -0.154. The molecule has 1 rings (SSSR count). The molecule has 1 aliphatic heterocycles. The first-order valence-electron chi connectivity index (χ1n) is 6.71. The summed E-state index contributed by atoms with van der Waals surface area (Å²) in [6, 6.07) is 0.187. The van der Waals surface area contributed by atoms with Gasteiger partial charge >= 0.3 is 11.8 Å². The van der Waals surface area contributed by atoms with Crippen molar-refractivity contribution in [3.8, 4) is 0 Å². The number of carbonyl (C=O) groups is 2. The van der Waals surface area contributed by atoms with Crippen LogP contribution in [0, 0.1) is 0 Å². The predicted molar refractivity (Wildman–Crippen MR) is 72.1 cm³/mol. The Balaban J connectivity index is 2.74. The van der Waals surface area contributed by atoms with Crippen LogP contribution in [0.4, 0.5) is 0 Å². The molecule has 18 heavy (non-hydrogen) atoms. The van der Waals surface area contributed by atoms with E-state index in [1.54, 1.807) is 15.9 Å². The summed E-state index contributed by atoms with van der Waals surface area (Å²) in [7, 11) is 0. The predicted octanol–water partition coefficient (Wildman–Crippen LogP) is 1.81. The minimum atomic E-state index is -0.404. The Kier molecular flexibility index (Phi) is 5.38. The summed E-state index contributed by atoms with van der Waals surface area (Å²) >= 11 is 0. The molecular formula is C14H24N2O2. The summed E-state index contributed by atoms with van der Waals surface area (Å²) in [6.07, 6.45) is 4.78. The van der Waals surface area contributed by atoms with Gasteiger partial charge in [0.1, 0.15) is 0 Å². The Hall–Kier alpha value is -1.32. The molecule has 0 bridgehead atoms. The van der Waals surface area contributed by atoms with Gasteiger partial charge < -0.3 is 9.80 Å². The molecule has 0 aromatic carbocycles. The van der Waals surface area contributed by atoms with E-state index in [0.29, 0.717) is 13.1 Å². The minimum Gasteiger partial charge on any atom is -0.332 e. The van der Waals surface area contributed by atoms with Crippen LogP contribution in [0.5, 0.6) is 0 Å². The van der Waals surface area contributed by atoms with Gasteiger partial charge in [0.15, 0.2) is 0 Å². The fourth-order valence-electron chi connectivity index (χ4n) is 2.31. The summed E-state index contributed by atoms with van der Waals surface area (Å²) in [5.41, 5.74) is 0. The van der Waals surface area contributed by atoms with E-state index in [1.165, 1.54) is 0 Å². The number of amides is 2. The molecule has 1 atom stereocenters. The molecule has 0 N–H and O–H groups in total. The lowest BCUT2D eigenvalue weighted by atomic mass is 10.0. The second-order valence-electron chi connectivity index (χ2n) is 5.18. The zero-order chi connectivity index (χ0) is 13.7. The maximum absolute atomic E-state index is 12.2. The van der Waals surface area contributed by atoms with Crippen molar-refractivity contribution in [1.29, 1.82) is 0 Å². The van der Waals surface area contributed by atoms with E-state index < -0.39 is 5.91 Å². The lowest BCUT2D eigenvalue weighted by Crippen LogP contribution is -2.51. The Morgan fingerprint density at radius 2 is 2.11 bits per heavy atom. The van der Waals surface area contributed by atoms with Gasteiger partial charge in [-0.25, -0.2) is 0 Å². The van der Waals surface area contributed by atoms with E-state index in [2.05, 4.69) is 6.58 Å². The normalized spacial score (nSPS) is 19.8. The van der Waals surface area contributed by atoms with Crippen LogP contribution in [0.25, 0.3) is 0 Å². The highest BCUT2D eigenvalue weighted by Gasteiger charge is 2.31. The standard InChI is InChI=1S/C14H24N2O2/c1-5-9-15(11(2)3)13(17)14(18)16-10-7-6-8-12(16)4/h5,11-12H,1,6-10H2,2-4H3/t12-/m0/s1. The molecule has 0 radical (unpaired) electrons. The third kappa shape index (κ3) is 3.34. The molecule has 4 nitrogen and oxygen atoms in total. The molecular weight excluding hydrogens is 228 g/mol. The van der Waals surface area contributed by atoms with Gasteiger partial charge in [-0.05, 0) is 40.0 Å². The first-order valence-corrected chi connectivity index (χ1v) is 6.71. The van der Waals surface area contributed by atoms with E-state index in [-0.39, 0.29) is 18.0 Å². The molecule has 0 spiro atoms.